The summed E-state index contributed by atoms with van der Waals surface area (Å²) in [5.41, 5.74) is 0. The second-order valence-corrected chi connectivity index (χ2v) is 5.29. The molecule has 0 saturated heterocycles. The SMILES string of the molecule is CCCCCCCC=COC=CCCCCCCC.F. The molecule has 0 N–H and O–H groups in total. The topological polar surface area (TPSA) is 9.23 Å². The van der Waals surface area contributed by atoms with Crippen LogP contribution in [-0.2, 0) is 4.74 Å². The van der Waals surface area contributed by atoms with Gasteiger partial charge in [0.2, 0.25) is 0 Å². The summed E-state index contributed by atoms with van der Waals surface area (Å²) < 4.78 is 5.33. The minimum absolute atomic E-state index is 0. The molecule has 2 heteroatoms. The van der Waals surface area contributed by atoms with E-state index in [2.05, 4.69) is 26.0 Å². The number of hydrogen-bond donors (Lipinski definition) is 0. The van der Waals surface area contributed by atoms with Gasteiger partial charge < -0.3 is 4.74 Å². The molecule has 0 aromatic rings. The summed E-state index contributed by atoms with van der Waals surface area (Å²) in [6.45, 7) is 4.51. The summed E-state index contributed by atoms with van der Waals surface area (Å²) >= 11 is 0. The van der Waals surface area contributed by atoms with Crippen molar-refractivity contribution < 1.29 is 9.44 Å². The van der Waals surface area contributed by atoms with Crippen LogP contribution in [0.1, 0.15) is 90.9 Å². The Morgan fingerprint density at radius 2 is 1.00 bits per heavy atom. The van der Waals surface area contributed by atoms with Crippen LogP contribution in [0.25, 0.3) is 0 Å². The van der Waals surface area contributed by atoms with Crippen LogP contribution in [0.5, 0.6) is 0 Å². The molecule has 0 spiro atoms. The molecule has 0 aliphatic carbocycles. The lowest BCUT2D eigenvalue weighted by molar-refractivity contribution is 0.397. The van der Waals surface area contributed by atoms with Gasteiger partial charge in [0.25, 0.3) is 0 Å². The van der Waals surface area contributed by atoms with Crippen LogP contribution in [0.15, 0.2) is 24.7 Å². The normalized spacial score (nSPS) is 11.1. The van der Waals surface area contributed by atoms with Gasteiger partial charge in [0.15, 0.2) is 0 Å². The average Bonchev–Trinajstić information content (AvgIpc) is 2.43. The molecule has 0 fully saturated rings. The number of ether oxygens (including phenoxy) is 1. The van der Waals surface area contributed by atoms with Crippen LogP contribution in [0.4, 0.5) is 4.70 Å². The van der Waals surface area contributed by atoms with E-state index >= 15 is 0 Å². The van der Waals surface area contributed by atoms with Gasteiger partial charge in [-0.15, -0.1) is 0 Å². The lowest BCUT2D eigenvalue weighted by atomic mass is 10.1. The fourth-order valence-electron chi connectivity index (χ4n) is 2.02. The third-order valence-electron chi connectivity index (χ3n) is 3.30. The van der Waals surface area contributed by atoms with Crippen LogP contribution < -0.4 is 0 Å². The first-order valence-corrected chi connectivity index (χ1v) is 8.37. The Bertz CT molecular complexity index is 189. The standard InChI is InChI=1S/C18H34O.FH/c1-3-5-7-9-11-13-15-17-19-18-16-14-12-10-8-6-4-2;/h15-18H,3-14H2,1-2H3;1H. The van der Waals surface area contributed by atoms with Crippen molar-refractivity contribution in [3.05, 3.63) is 24.7 Å². The van der Waals surface area contributed by atoms with Crippen molar-refractivity contribution in [1.82, 2.24) is 0 Å². The summed E-state index contributed by atoms with van der Waals surface area (Å²) in [5, 5.41) is 0. The highest BCUT2D eigenvalue weighted by Crippen LogP contribution is 2.06. The molecule has 20 heavy (non-hydrogen) atoms. The Balaban J connectivity index is 0. The summed E-state index contributed by atoms with van der Waals surface area (Å²) in [7, 11) is 0. The Hall–Kier alpha value is -0.790. The van der Waals surface area contributed by atoms with Crippen molar-refractivity contribution in [3.8, 4) is 0 Å². The first-order chi connectivity index (χ1) is 9.41. The third kappa shape index (κ3) is 19.5. The van der Waals surface area contributed by atoms with E-state index in [-0.39, 0.29) is 4.70 Å². The van der Waals surface area contributed by atoms with Crippen molar-refractivity contribution in [2.45, 2.75) is 90.9 Å². The largest absolute Gasteiger partial charge is 0.473 e. The van der Waals surface area contributed by atoms with Crippen LogP contribution in [0.2, 0.25) is 0 Å². The quantitative estimate of drug-likeness (QED) is 0.249. The van der Waals surface area contributed by atoms with E-state index in [1.807, 2.05) is 12.5 Å². The van der Waals surface area contributed by atoms with E-state index < -0.39 is 0 Å². The summed E-state index contributed by atoms with van der Waals surface area (Å²) in [5.74, 6) is 0. The van der Waals surface area contributed by atoms with Gasteiger partial charge in [0.1, 0.15) is 0 Å². The zero-order chi connectivity index (χ0) is 14.0. The molecule has 0 aliphatic rings. The maximum absolute atomic E-state index is 5.33. The van der Waals surface area contributed by atoms with Crippen molar-refractivity contribution in [1.29, 1.82) is 0 Å². The van der Waals surface area contributed by atoms with Gasteiger partial charge in [0, 0.05) is 0 Å². The molecule has 0 saturated carbocycles. The second kappa shape index (κ2) is 20.5. The predicted molar refractivity (Wildman–Crippen MR) is 88.6 cm³/mol. The van der Waals surface area contributed by atoms with E-state index in [1.54, 1.807) is 0 Å². The molecular weight excluding hydrogens is 251 g/mol. The van der Waals surface area contributed by atoms with Gasteiger partial charge in [0.05, 0.1) is 12.5 Å². The number of rotatable bonds is 14. The van der Waals surface area contributed by atoms with Gasteiger partial charge in [-0.2, -0.15) is 0 Å². The van der Waals surface area contributed by atoms with Crippen LogP contribution in [0, 0.1) is 0 Å². The maximum atomic E-state index is 5.33. The molecule has 120 valence electrons. The minimum atomic E-state index is 0. The third-order valence-corrected chi connectivity index (χ3v) is 3.30. The Kier molecular flexibility index (Phi) is 22.1. The smallest absolute Gasteiger partial charge is 0.0861 e. The molecule has 0 bridgehead atoms. The van der Waals surface area contributed by atoms with Crippen LogP contribution in [-0.4, -0.2) is 0 Å². The lowest BCUT2D eigenvalue weighted by Gasteiger charge is -1.97. The van der Waals surface area contributed by atoms with Crippen LogP contribution >= 0.6 is 0 Å². The van der Waals surface area contributed by atoms with E-state index in [9.17, 15) is 0 Å². The first-order valence-electron chi connectivity index (χ1n) is 8.37. The molecule has 0 radical (unpaired) electrons. The monoisotopic (exact) mass is 286 g/mol. The lowest BCUT2D eigenvalue weighted by Crippen LogP contribution is -1.77. The summed E-state index contributed by atoms with van der Waals surface area (Å²) in [6, 6.07) is 0. The number of hydrogen-bond acceptors (Lipinski definition) is 1. The van der Waals surface area contributed by atoms with E-state index in [1.165, 1.54) is 64.2 Å². The summed E-state index contributed by atoms with van der Waals surface area (Å²) in [4.78, 5) is 0. The van der Waals surface area contributed by atoms with Crippen molar-refractivity contribution in [2.75, 3.05) is 0 Å². The zero-order valence-corrected chi connectivity index (χ0v) is 13.6. The zero-order valence-electron chi connectivity index (χ0n) is 13.6. The maximum Gasteiger partial charge on any atom is 0.0861 e. The fraction of sp³-hybridized carbons (Fsp3) is 0.778. The van der Waals surface area contributed by atoms with E-state index in [0.29, 0.717) is 0 Å². The minimum Gasteiger partial charge on any atom is -0.473 e. The summed E-state index contributed by atoms with van der Waals surface area (Å²) in [6.07, 6.45) is 23.7. The molecule has 0 aliphatic heterocycles. The number of halogens is 1. The van der Waals surface area contributed by atoms with Crippen molar-refractivity contribution in [2.24, 2.45) is 0 Å². The van der Waals surface area contributed by atoms with Gasteiger partial charge in [-0.3, -0.25) is 4.70 Å². The fourth-order valence-corrected chi connectivity index (χ4v) is 2.02. The highest BCUT2D eigenvalue weighted by atomic mass is 19.0. The molecule has 0 rings (SSSR count). The van der Waals surface area contributed by atoms with Crippen molar-refractivity contribution >= 4 is 0 Å². The van der Waals surface area contributed by atoms with E-state index in [0.717, 1.165) is 12.8 Å². The average molecular weight is 286 g/mol. The van der Waals surface area contributed by atoms with Gasteiger partial charge in [-0.05, 0) is 37.8 Å². The number of unbranched alkanes of at least 4 members (excludes halogenated alkanes) is 10. The van der Waals surface area contributed by atoms with Gasteiger partial charge in [-0.1, -0.05) is 65.2 Å². The first kappa shape index (κ1) is 21.5. The van der Waals surface area contributed by atoms with Gasteiger partial charge >= 0.3 is 0 Å². The Morgan fingerprint density at radius 1 is 0.600 bits per heavy atom. The van der Waals surface area contributed by atoms with Crippen molar-refractivity contribution in [3.63, 3.8) is 0 Å². The molecule has 0 heterocycles. The van der Waals surface area contributed by atoms with E-state index in [4.69, 9.17) is 4.74 Å². The molecule has 0 aromatic heterocycles. The number of allylic oxidation sites excluding steroid dienone is 2. The van der Waals surface area contributed by atoms with Gasteiger partial charge in [-0.25, -0.2) is 0 Å². The highest BCUT2D eigenvalue weighted by molar-refractivity contribution is 4.79. The second-order valence-electron chi connectivity index (χ2n) is 5.29. The Morgan fingerprint density at radius 3 is 1.40 bits per heavy atom. The highest BCUT2D eigenvalue weighted by Gasteiger charge is 1.87. The molecular formula is C18H35FO. The molecule has 0 atom stereocenters. The molecule has 1 nitrogen and oxygen atoms in total. The predicted octanol–water partition coefficient (Wildman–Crippen LogP) is 6.90. The molecule has 0 amide bonds. The molecule has 0 unspecified atom stereocenters. The Labute approximate surface area is 125 Å². The molecule has 0 aromatic carbocycles. The van der Waals surface area contributed by atoms with Crippen LogP contribution in [0.3, 0.4) is 0 Å².